The Labute approximate surface area is 101 Å². The molecule has 0 radical (unpaired) electrons. The molecule has 18 heavy (non-hydrogen) atoms. The number of aromatic carboxylic acids is 1. The molecule has 8 heteroatoms. The quantitative estimate of drug-likeness (QED) is 0.415. The van der Waals surface area contributed by atoms with Gasteiger partial charge in [0.25, 0.3) is 0 Å². The van der Waals surface area contributed by atoms with E-state index in [2.05, 4.69) is 10.0 Å². The molecule has 1 rings (SSSR count). The lowest BCUT2D eigenvalue weighted by Gasteiger charge is -2.18. The monoisotopic (exact) mass is 255 g/mol. The smallest absolute Gasteiger partial charge is 0.336 e. The van der Waals surface area contributed by atoms with Gasteiger partial charge in [0.15, 0.2) is 0 Å². The highest BCUT2D eigenvalue weighted by Gasteiger charge is 2.23. The Hall–Kier alpha value is -2.15. The van der Waals surface area contributed by atoms with Crippen molar-refractivity contribution in [3.8, 4) is 0 Å². The van der Waals surface area contributed by atoms with Crippen molar-refractivity contribution in [3.05, 3.63) is 45.6 Å². The Bertz CT molecular complexity index is 502. The van der Waals surface area contributed by atoms with Gasteiger partial charge in [-0.3, -0.25) is 0 Å². The molecule has 0 heterocycles. The minimum atomic E-state index is -1.66. The second kappa shape index (κ2) is 5.97. The predicted molar refractivity (Wildman–Crippen MR) is 58.3 cm³/mol. The average Bonchev–Trinajstić information content (AvgIpc) is 2.34. The summed E-state index contributed by atoms with van der Waals surface area (Å²) in [7, 11) is 0. The van der Waals surface area contributed by atoms with Crippen molar-refractivity contribution in [2.75, 3.05) is 6.54 Å². The highest BCUT2D eigenvalue weighted by atomic mass is 19.1. The van der Waals surface area contributed by atoms with Crippen molar-refractivity contribution in [1.82, 2.24) is 0 Å². The third-order valence-corrected chi connectivity index (χ3v) is 2.26. The fourth-order valence-electron chi connectivity index (χ4n) is 1.40. The van der Waals surface area contributed by atoms with Gasteiger partial charge in [-0.05, 0) is 23.7 Å². The Kier molecular flexibility index (Phi) is 4.61. The molecule has 0 saturated heterocycles. The Morgan fingerprint density at radius 1 is 1.50 bits per heavy atom. The molecule has 0 saturated carbocycles. The van der Waals surface area contributed by atoms with Gasteiger partial charge in [0, 0.05) is 10.5 Å². The van der Waals surface area contributed by atoms with Crippen LogP contribution in [0.5, 0.6) is 0 Å². The number of rotatable bonds is 5. The molecule has 0 fully saturated rings. The number of carboxylic acid groups (broad SMARTS) is 1. The molecule has 2 unspecified atom stereocenters. The van der Waals surface area contributed by atoms with Gasteiger partial charge in [-0.2, -0.15) is 0 Å². The zero-order valence-electron chi connectivity index (χ0n) is 9.06. The molecule has 0 aliphatic heterocycles. The zero-order chi connectivity index (χ0) is 13.7. The fraction of sp³-hybridized carbons (Fsp3) is 0.300. The van der Waals surface area contributed by atoms with E-state index in [-0.39, 0.29) is 11.1 Å². The number of azide groups is 1. The maximum atomic E-state index is 13.0. The van der Waals surface area contributed by atoms with E-state index in [1.54, 1.807) is 0 Å². The van der Waals surface area contributed by atoms with Gasteiger partial charge in [-0.1, -0.05) is 5.11 Å². The maximum Gasteiger partial charge on any atom is 0.336 e. The van der Waals surface area contributed by atoms with Crippen molar-refractivity contribution in [3.63, 3.8) is 0 Å². The van der Waals surface area contributed by atoms with E-state index < -0.39 is 30.5 Å². The number of hydrogen-bond acceptors (Lipinski definition) is 4. The van der Waals surface area contributed by atoms with E-state index in [1.807, 2.05) is 0 Å². The molecule has 0 bridgehead atoms. The van der Waals surface area contributed by atoms with Gasteiger partial charge in [-0.15, -0.1) is 0 Å². The summed E-state index contributed by atoms with van der Waals surface area (Å²) in [4.78, 5) is 13.3. The second-order valence-electron chi connectivity index (χ2n) is 3.46. The first kappa shape index (κ1) is 13.9. The van der Waals surface area contributed by atoms with E-state index in [9.17, 15) is 19.4 Å². The third-order valence-electron chi connectivity index (χ3n) is 2.26. The van der Waals surface area contributed by atoms with E-state index in [4.69, 9.17) is 10.6 Å². The summed E-state index contributed by atoms with van der Waals surface area (Å²) in [5.74, 6) is -2.11. The highest BCUT2D eigenvalue weighted by molar-refractivity contribution is 5.89. The number of carboxylic acids is 1. The normalized spacial score (nSPS) is 13.5. The summed E-state index contributed by atoms with van der Waals surface area (Å²) in [6, 6.07) is 2.73. The van der Waals surface area contributed by atoms with Crippen LogP contribution < -0.4 is 0 Å². The van der Waals surface area contributed by atoms with Gasteiger partial charge in [0.05, 0.1) is 18.2 Å². The Morgan fingerprint density at radius 2 is 2.17 bits per heavy atom. The number of benzene rings is 1. The van der Waals surface area contributed by atoms with Crippen LogP contribution >= 0.6 is 0 Å². The summed E-state index contributed by atoms with van der Waals surface area (Å²) in [5.41, 5.74) is 7.46. The number of nitrogens with zero attached hydrogens (tertiary/aromatic N) is 3. The number of hydrogen-bond donors (Lipinski definition) is 3. The largest absolute Gasteiger partial charge is 0.478 e. The summed E-state index contributed by atoms with van der Waals surface area (Å²) in [6.07, 6.45) is -3.17. The maximum absolute atomic E-state index is 13.0. The molecule has 7 nitrogen and oxygen atoms in total. The van der Waals surface area contributed by atoms with Crippen LogP contribution in [-0.4, -0.2) is 33.9 Å². The minimum absolute atomic E-state index is 0.275. The molecule has 0 aliphatic carbocycles. The van der Waals surface area contributed by atoms with Crippen LogP contribution in [-0.2, 0) is 0 Å². The molecule has 96 valence electrons. The Morgan fingerprint density at radius 3 is 2.72 bits per heavy atom. The molecule has 2 atom stereocenters. The van der Waals surface area contributed by atoms with Gasteiger partial charge in [0.2, 0.25) is 0 Å². The van der Waals surface area contributed by atoms with Crippen LogP contribution in [0.3, 0.4) is 0 Å². The predicted octanol–water partition coefficient (Wildman–Crippen LogP) is 1.23. The van der Waals surface area contributed by atoms with E-state index in [1.165, 1.54) is 0 Å². The summed E-state index contributed by atoms with van der Waals surface area (Å²) in [6.45, 7) is -0.451. The standard InChI is InChI=1S/C10H10FN3O4/c11-5-1-2-6(10(17)18)7(3-5)9(16)8(15)4-13-14-12/h1-3,8-9,15-16H,4H2,(H,17,18). The van der Waals surface area contributed by atoms with Crippen LogP contribution in [0.25, 0.3) is 10.4 Å². The van der Waals surface area contributed by atoms with Crippen molar-refractivity contribution < 1.29 is 24.5 Å². The van der Waals surface area contributed by atoms with Crippen LogP contribution in [0.2, 0.25) is 0 Å². The van der Waals surface area contributed by atoms with Crippen molar-refractivity contribution in [2.45, 2.75) is 12.2 Å². The first-order chi connectivity index (χ1) is 8.47. The highest BCUT2D eigenvalue weighted by Crippen LogP contribution is 2.23. The van der Waals surface area contributed by atoms with Gasteiger partial charge in [-0.25, -0.2) is 9.18 Å². The lowest BCUT2D eigenvalue weighted by Crippen LogP contribution is -2.23. The van der Waals surface area contributed by atoms with Crippen molar-refractivity contribution in [1.29, 1.82) is 0 Å². The average molecular weight is 255 g/mol. The van der Waals surface area contributed by atoms with Crippen LogP contribution in [0.1, 0.15) is 22.0 Å². The van der Waals surface area contributed by atoms with Gasteiger partial charge >= 0.3 is 5.97 Å². The molecule has 0 aromatic heterocycles. The summed E-state index contributed by atoms with van der Waals surface area (Å²) < 4.78 is 13.0. The topological polar surface area (TPSA) is 127 Å². The lowest BCUT2D eigenvalue weighted by molar-refractivity contribution is 0.0231. The van der Waals surface area contributed by atoms with Crippen molar-refractivity contribution >= 4 is 5.97 Å². The molecule has 3 N–H and O–H groups in total. The Balaban J connectivity index is 3.10. The van der Waals surface area contributed by atoms with Gasteiger partial charge in [0.1, 0.15) is 11.9 Å². The van der Waals surface area contributed by atoms with E-state index >= 15 is 0 Å². The SMILES string of the molecule is [N-]=[N+]=NCC(O)C(O)c1cc(F)ccc1C(=O)O. The molecular formula is C10H10FN3O4. The first-order valence-electron chi connectivity index (χ1n) is 4.87. The fourth-order valence-corrected chi connectivity index (χ4v) is 1.40. The molecule has 1 aromatic rings. The van der Waals surface area contributed by atoms with E-state index in [0.29, 0.717) is 0 Å². The zero-order valence-corrected chi connectivity index (χ0v) is 9.06. The first-order valence-corrected chi connectivity index (χ1v) is 4.87. The third kappa shape index (κ3) is 3.17. The summed E-state index contributed by atoms with van der Waals surface area (Å²) >= 11 is 0. The van der Waals surface area contributed by atoms with Crippen LogP contribution in [0, 0.1) is 5.82 Å². The lowest BCUT2D eigenvalue weighted by atomic mass is 9.98. The van der Waals surface area contributed by atoms with E-state index in [0.717, 1.165) is 18.2 Å². The number of carbonyl (C=O) groups is 1. The minimum Gasteiger partial charge on any atom is -0.478 e. The van der Waals surface area contributed by atoms with Gasteiger partial charge < -0.3 is 15.3 Å². The summed E-state index contributed by atoms with van der Waals surface area (Å²) in [5, 5.41) is 31.1. The number of halogens is 1. The molecule has 0 aliphatic rings. The molecule has 0 amide bonds. The second-order valence-corrected chi connectivity index (χ2v) is 3.46. The number of aliphatic hydroxyl groups is 2. The molecule has 1 aromatic carbocycles. The number of aliphatic hydroxyl groups excluding tert-OH is 2. The molecule has 0 spiro atoms. The molecular weight excluding hydrogens is 245 g/mol. The van der Waals surface area contributed by atoms with Crippen LogP contribution in [0.15, 0.2) is 23.3 Å². The van der Waals surface area contributed by atoms with Crippen LogP contribution in [0.4, 0.5) is 4.39 Å². The van der Waals surface area contributed by atoms with Crippen molar-refractivity contribution in [2.24, 2.45) is 5.11 Å².